The van der Waals surface area contributed by atoms with Crippen LogP contribution in [0.2, 0.25) is 0 Å². The van der Waals surface area contributed by atoms with Gasteiger partial charge in [-0.25, -0.2) is 9.59 Å². The summed E-state index contributed by atoms with van der Waals surface area (Å²) in [5, 5.41) is 11.6. The van der Waals surface area contributed by atoms with Gasteiger partial charge in [0.05, 0.1) is 0 Å². The molecule has 27 heavy (non-hydrogen) atoms. The maximum absolute atomic E-state index is 12.1. The van der Waals surface area contributed by atoms with Crippen LogP contribution in [-0.2, 0) is 9.53 Å². The zero-order valence-corrected chi connectivity index (χ0v) is 16.0. The van der Waals surface area contributed by atoms with E-state index in [1.54, 1.807) is 19.0 Å². The number of hydrogen-bond donors (Lipinski definition) is 2. The second kappa shape index (κ2) is 8.88. The van der Waals surface area contributed by atoms with Crippen LogP contribution < -0.4 is 5.32 Å². The molecule has 1 atom stereocenters. The third kappa shape index (κ3) is 4.59. The van der Waals surface area contributed by atoms with E-state index in [-0.39, 0.29) is 31.5 Å². The van der Waals surface area contributed by atoms with Crippen LogP contribution in [0, 0.1) is 0 Å². The van der Waals surface area contributed by atoms with Gasteiger partial charge in [-0.1, -0.05) is 48.5 Å². The SMILES string of the molecule is CN(C)C[C@H](NC(=O)OCC1c2ccccc2-c2ccccc21)C(=O)O.Cl. The van der Waals surface area contributed by atoms with Gasteiger partial charge in [0.2, 0.25) is 0 Å². The van der Waals surface area contributed by atoms with Crippen molar-refractivity contribution in [1.29, 1.82) is 0 Å². The first-order valence-electron chi connectivity index (χ1n) is 8.46. The Balaban J connectivity index is 0.00000261. The van der Waals surface area contributed by atoms with Crippen molar-refractivity contribution in [1.82, 2.24) is 10.2 Å². The summed E-state index contributed by atoms with van der Waals surface area (Å²) < 4.78 is 5.37. The van der Waals surface area contributed by atoms with Gasteiger partial charge in [0.25, 0.3) is 0 Å². The van der Waals surface area contributed by atoms with E-state index in [0.717, 1.165) is 22.3 Å². The predicted molar refractivity (Wildman–Crippen MR) is 105 cm³/mol. The summed E-state index contributed by atoms with van der Waals surface area (Å²) in [5.41, 5.74) is 4.52. The van der Waals surface area contributed by atoms with Gasteiger partial charge in [-0.15, -0.1) is 12.4 Å². The average Bonchev–Trinajstić information content (AvgIpc) is 2.93. The van der Waals surface area contributed by atoms with Gasteiger partial charge in [-0.3, -0.25) is 0 Å². The van der Waals surface area contributed by atoms with E-state index in [1.165, 1.54) is 0 Å². The first kappa shape index (κ1) is 20.7. The van der Waals surface area contributed by atoms with Gasteiger partial charge in [0.15, 0.2) is 0 Å². The summed E-state index contributed by atoms with van der Waals surface area (Å²) >= 11 is 0. The minimum absolute atomic E-state index is 0. The Kier molecular flexibility index (Phi) is 6.82. The standard InChI is InChI=1S/C20H22N2O4.ClH/c1-22(2)11-18(19(23)24)21-20(25)26-12-17-15-9-5-3-7-13(15)14-8-4-6-10-16(14)17;/h3-10,17-18H,11-12H2,1-2H3,(H,21,25)(H,23,24);1H/t18-;/m0./s1. The van der Waals surface area contributed by atoms with Crippen molar-refractivity contribution in [3.05, 3.63) is 59.7 Å². The fourth-order valence-corrected chi connectivity index (χ4v) is 3.33. The molecule has 0 aromatic heterocycles. The van der Waals surface area contributed by atoms with Crippen LogP contribution in [-0.4, -0.2) is 55.4 Å². The van der Waals surface area contributed by atoms with Crippen LogP contribution in [0.15, 0.2) is 48.5 Å². The maximum Gasteiger partial charge on any atom is 0.407 e. The van der Waals surface area contributed by atoms with Gasteiger partial charge < -0.3 is 20.1 Å². The van der Waals surface area contributed by atoms with E-state index < -0.39 is 18.1 Å². The molecule has 0 saturated carbocycles. The van der Waals surface area contributed by atoms with E-state index in [4.69, 9.17) is 4.74 Å². The second-order valence-electron chi connectivity index (χ2n) is 6.62. The molecule has 2 aromatic carbocycles. The molecular formula is C20H23ClN2O4. The molecule has 1 amide bonds. The van der Waals surface area contributed by atoms with Crippen LogP contribution in [0.4, 0.5) is 4.79 Å². The van der Waals surface area contributed by atoms with E-state index in [2.05, 4.69) is 17.4 Å². The number of carbonyl (C=O) groups is 2. The number of nitrogens with one attached hydrogen (secondary N) is 1. The van der Waals surface area contributed by atoms with Crippen LogP contribution in [0.5, 0.6) is 0 Å². The Morgan fingerprint density at radius 1 is 1.07 bits per heavy atom. The molecule has 0 aliphatic heterocycles. The number of likely N-dealkylation sites (N-methyl/N-ethyl adjacent to an activating group) is 1. The fourth-order valence-electron chi connectivity index (χ4n) is 3.33. The number of alkyl carbamates (subject to hydrolysis) is 1. The average molecular weight is 391 g/mol. The largest absolute Gasteiger partial charge is 0.480 e. The number of fused-ring (bicyclic) bond motifs is 3. The molecule has 0 unspecified atom stereocenters. The van der Waals surface area contributed by atoms with Crippen molar-refractivity contribution >= 4 is 24.5 Å². The van der Waals surface area contributed by atoms with Gasteiger partial charge in [0.1, 0.15) is 12.6 Å². The van der Waals surface area contributed by atoms with Crippen molar-refractivity contribution in [2.75, 3.05) is 27.2 Å². The number of benzene rings is 2. The highest BCUT2D eigenvalue weighted by Gasteiger charge is 2.29. The minimum atomic E-state index is -1.09. The van der Waals surface area contributed by atoms with Gasteiger partial charge in [-0.05, 0) is 36.3 Å². The third-order valence-electron chi connectivity index (χ3n) is 4.48. The first-order valence-corrected chi connectivity index (χ1v) is 8.46. The molecule has 0 spiro atoms. The normalized spacial score (nSPS) is 13.3. The molecule has 0 fully saturated rings. The Bertz CT molecular complexity index is 780. The molecule has 2 aromatic rings. The highest BCUT2D eigenvalue weighted by atomic mass is 35.5. The van der Waals surface area contributed by atoms with Crippen molar-refractivity contribution in [2.24, 2.45) is 0 Å². The number of aliphatic carboxylic acids is 1. The van der Waals surface area contributed by atoms with Crippen molar-refractivity contribution in [2.45, 2.75) is 12.0 Å². The summed E-state index contributed by atoms with van der Waals surface area (Å²) in [6.07, 6.45) is -0.721. The number of halogens is 1. The molecule has 0 saturated heterocycles. The number of nitrogens with zero attached hydrogens (tertiary/aromatic N) is 1. The highest BCUT2D eigenvalue weighted by Crippen LogP contribution is 2.44. The molecule has 1 aliphatic carbocycles. The van der Waals surface area contributed by atoms with E-state index >= 15 is 0 Å². The molecule has 2 N–H and O–H groups in total. The van der Waals surface area contributed by atoms with Crippen molar-refractivity contribution in [3.63, 3.8) is 0 Å². The van der Waals surface area contributed by atoms with Crippen LogP contribution in [0.3, 0.4) is 0 Å². The van der Waals surface area contributed by atoms with E-state index in [1.807, 2.05) is 36.4 Å². The van der Waals surface area contributed by atoms with Crippen LogP contribution >= 0.6 is 12.4 Å². The number of carbonyl (C=O) groups excluding carboxylic acids is 1. The lowest BCUT2D eigenvalue weighted by atomic mass is 9.98. The summed E-state index contributed by atoms with van der Waals surface area (Å²) in [5.74, 6) is -1.14. The van der Waals surface area contributed by atoms with Gasteiger partial charge in [0, 0.05) is 12.5 Å². The molecule has 1 aliphatic rings. The lowest BCUT2D eigenvalue weighted by molar-refractivity contribution is -0.139. The summed E-state index contributed by atoms with van der Waals surface area (Å²) in [4.78, 5) is 25.1. The monoisotopic (exact) mass is 390 g/mol. The number of hydrogen-bond acceptors (Lipinski definition) is 4. The molecule has 0 radical (unpaired) electrons. The highest BCUT2D eigenvalue weighted by molar-refractivity contribution is 5.85. The Labute approximate surface area is 164 Å². The molecule has 6 nitrogen and oxygen atoms in total. The third-order valence-corrected chi connectivity index (χ3v) is 4.48. The smallest absolute Gasteiger partial charge is 0.407 e. The van der Waals surface area contributed by atoms with Crippen molar-refractivity contribution in [3.8, 4) is 11.1 Å². The van der Waals surface area contributed by atoms with E-state index in [0.29, 0.717) is 0 Å². The zero-order valence-electron chi connectivity index (χ0n) is 15.2. The fraction of sp³-hybridized carbons (Fsp3) is 0.300. The lowest BCUT2D eigenvalue weighted by Crippen LogP contribution is -2.47. The molecular weight excluding hydrogens is 368 g/mol. The Morgan fingerprint density at radius 3 is 2.07 bits per heavy atom. The second-order valence-corrected chi connectivity index (χ2v) is 6.62. The lowest BCUT2D eigenvalue weighted by Gasteiger charge is -2.19. The number of ether oxygens (including phenoxy) is 1. The molecule has 144 valence electrons. The summed E-state index contributed by atoms with van der Waals surface area (Å²) in [6.45, 7) is 0.355. The zero-order chi connectivity index (χ0) is 18.7. The predicted octanol–water partition coefficient (Wildman–Crippen LogP) is 2.96. The summed E-state index contributed by atoms with van der Waals surface area (Å²) in [6, 6.07) is 15.1. The molecule has 0 bridgehead atoms. The summed E-state index contributed by atoms with van der Waals surface area (Å²) in [7, 11) is 3.49. The van der Waals surface area contributed by atoms with Crippen LogP contribution in [0.1, 0.15) is 17.0 Å². The molecule has 3 rings (SSSR count). The van der Waals surface area contributed by atoms with Crippen molar-refractivity contribution < 1.29 is 19.4 Å². The number of amides is 1. The number of carboxylic acids is 1. The molecule has 7 heteroatoms. The molecule has 0 heterocycles. The Morgan fingerprint density at radius 2 is 1.59 bits per heavy atom. The quantitative estimate of drug-likeness (QED) is 0.792. The maximum atomic E-state index is 12.1. The number of rotatable bonds is 6. The Hall–Kier alpha value is -2.57. The van der Waals surface area contributed by atoms with Crippen LogP contribution in [0.25, 0.3) is 11.1 Å². The van der Waals surface area contributed by atoms with E-state index in [9.17, 15) is 14.7 Å². The first-order chi connectivity index (χ1) is 12.5. The van der Waals surface area contributed by atoms with Gasteiger partial charge >= 0.3 is 12.1 Å². The van der Waals surface area contributed by atoms with Gasteiger partial charge in [-0.2, -0.15) is 0 Å². The minimum Gasteiger partial charge on any atom is -0.480 e. The number of carboxylic acid groups (broad SMARTS) is 1. The topological polar surface area (TPSA) is 78.9 Å².